The minimum absolute atomic E-state index is 0.00231. The van der Waals surface area contributed by atoms with Gasteiger partial charge in [-0.15, -0.1) is 5.10 Å². The molecule has 3 aromatic heterocycles. The molecule has 0 fully saturated rings. The molecular weight excluding hydrogens is 418 g/mol. The Kier molecular flexibility index (Phi) is 5.45. The van der Waals surface area contributed by atoms with Crippen LogP contribution in [0.5, 0.6) is 0 Å². The Balaban J connectivity index is 1.73. The van der Waals surface area contributed by atoms with Crippen molar-refractivity contribution in [3.8, 4) is 11.5 Å². The number of ether oxygens (including phenoxy) is 1. The SMILES string of the molecule is CCOC(=O)c1nnn(-c2nonc2N)c1CNc1c(C)n(C)n(-c2ccccc2)c1=O. The van der Waals surface area contributed by atoms with E-state index in [2.05, 4.69) is 30.6 Å². The van der Waals surface area contributed by atoms with Crippen LogP contribution in [0.2, 0.25) is 0 Å². The molecule has 13 nitrogen and oxygen atoms in total. The lowest BCUT2D eigenvalue weighted by molar-refractivity contribution is 0.0518. The molecule has 0 amide bonds. The predicted molar refractivity (Wildman–Crippen MR) is 113 cm³/mol. The van der Waals surface area contributed by atoms with E-state index in [1.54, 1.807) is 23.3 Å². The van der Waals surface area contributed by atoms with Gasteiger partial charge >= 0.3 is 5.97 Å². The lowest BCUT2D eigenvalue weighted by Gasteiger charge is -2.08. The first-order chi connectivity index (χ1) is 15.4. The Morgan fingerprint density at radius 2 is 2.00 bits per heavy atom. The third kappa shape index (κ3) is 3.49. The molecule has 13 heteroatoms. The average Bonchev–Trinajstić information content (AvgIpc) is 3.45. The van der Waals surface area contributed by atoms with Crippen LogP contribution in [-0.4, -0.2) is 47.2 Å². The van der Waals surface area contributed by atoms with Crippen LogP contribution in [-0.2, 0) is 18.3 Å². The molecule has 166 valence electrons. The number of nitrogen functional groups attached to an aromatic ring is 1. The summed E-state index contributed by atoms with van der Waals surface area (Å²) in [7, 11) is 1.78. The topological polar surface area (TPSA) is 161 Å². The van der Waals surface area contributed by atoms with Crippen LogP contribution in [0.1, 0.15) is 28.8 Å². The molecule has 0 saturated carbocycles. The Morgan fingerprint density at radius 1 is 1.25 bits per heavy atom. The van der Waals surface area contributed by atoms with Gasteiger partial charge in [0.2, 0.25) is 11.6 Å². The minimum Gasteiger partial charge on any atom is -0.461 e. The van der Waals surface area contributed by atoms with Gasteiger partial charge in [-0.05, 0) is 36.3 Å². The van der Waals surface area contributed by atoms with E-state index in [0.717, 1.165) is 5.69 Å². The molecule has 0 aliphatic heterocycles. The van der Waals surface area contributed by atoms with Crippen molar-refractivity contribution in [2.45, 2.75) is 20.4 Å². The first-order valence-corrected chi connectivity index (χ1v) is 9.72. The zero-order valence-electron chi connectivity index (χ0n) is 17.6. The molecule has 3 heterocycles. The maximum absolute atomic E-state index is 13.2. The first-order valence-electron chi connectivity index (χ1n) is 9.72. The fourth-order valence-corrected chi connectivity index (χ4v) is 3.27. The number of rotatable bonds is 7. The highest BCUT2D eigenvalue weighted by atomic mass is 16.6. The van der Waals surface area contributed by atoms with E-state index < -0.39 is 5.97 Å². The van der Waals surface area contributed by atoms with Crippen LogP contribution in [0.4, 0.5) is 11.5 Å². The Labute approximate surface area is 181 Å². The monoisotopic (exact) mass is 439 g/mol. The van der Waals surface area contributed by atoms with Gasteiger partial charge in [-0.1, -0.05) is 23.4 Å². The molecule has 0 bridgehead atoms. The van der Waals surface area contributed by atoms with Crippen LogP contribution in [0.25, 0.3) is 11.5 Å². The number of aromatic nitrogens is 7. The van der Waals surface area contributed by atoms with Crippen molar-refractivity contribution >= 4 is 17.5 Å². The minimum atomic E-state index is -0.669. The second kappa shape index (κ2) is 8.37. The molecule has 1 aromatic carbocycles. The Bertz CT molecular complexity index is 1320. The summed E-state index contributed by atoms with van der Waals surface area (Å²) < 4.78 is 14.2. The molecule has 32 heavy (non-hydrogen) atoms. The number of hydrogen-bond acceptors (Lipinski definition) is 10. The summed E-state index contributed by atoms with van der Waals surface area (Å²) in [5.41, 5.74) is 7.52. The first kappa shape index (κ1) is 20.8. The van der Waals surface area contributed by atoms with E-state index in [0.29, 0.717) is 11.4 Å². The predicted octanol–water partition coefficient (Wildman–Crippen LogP) is 0.819. The van der Waals surface area contributed by atoms with E-state index in [1.807, 2.05) is 37.3 Å². The van der Waals surface area contributed by atoms with Gasteiger partial charge in [-0.3, -0.25) is 9.48 Å². The summed E-state index contributed by atoms with van der Waals surface area (Å²) in [6, 6.07) is 9.25. The van der Waals surface area contributed by atoms with Crippen molar-refractivity contribution in [1.82, 2.24) is 34.7 Å². The standard InChI is InChI=1S/C19H21N9O4/c1-4-31-19(30)15-13(27(25-22-15)17-16(20)23-32-24-17)10-21-14-11(2)26(3)28(18(14)29)12-8-6-5-7-9-12/h5-9,21H,4,10H2,1-3H3,(H2,20,23). The number of carbonyl (C=O) groups is 1. The number of nitrogens with one attached hydrogen (secondary N) is 1. The van der Waals surface area contributed by atoms with Crippen LogP contribution >= 0.6 is 0 Å². The van der Waals surface area contributed by atoms with Crippen LogP contribution in [0.3, 0.4) is 0 Å². The quantitative estimate of drug-likeness (QED) is 0.394. The van der Waals surface area contributed by atoms with Gasteiger partial charge in [0.05, 0.1) is 24.5 Å². The molecule has 4 rings (SSSR count). The third-order valence-electron chi connectivity index (χ3n) is 4.91. The van der Waals surface area contributed by atoms with Crippen LogP contribution in [0.15, 0.2) is 39.8 Å². The van der Waals surface area contributed by atoms with E-state index in [9.17, 15) is 9.59 Å². The Morgan fingerprint density at radius 3 is 2.66 bits per heavy atom. The fraction of sp³-hybridized carbons (Fsp3) is 0.263. The van der Waals surface area contributed by atoms with Crippen LogP contribution in [0, 0.1) is 6.92 Å². The molecular formula is C19H21N9O4. The number of hydrogen-bond donors (Lipinski definition) is 2. The highest BCUT2D eigenvalue weighted by Gasteiger charge is 2.25. The van der Waals surface area contributed by atoms with E-state index in [-0.39, 0.29) is 41.7 Å². The molecule has 0 saturated heterocycles. The van der Waals surface area contributed by atoms with Crippen molar-refractivity contribution in [2.24, 2.45) is 7.05 Å². The van der Waals surface area contributed by atoms with Gasteiger partial charge in [0.25, 0.3) is 5.56 Å². The third-order valence-corrected chi connectivity index (χ3v) is 4.91. The van der Waals surface area contributed by atoms with Crippen molar-refractivity contribution in [2.75, 3.05) is 17.7 Å². The second-order valence-corrected chi connectivity index (χ2v) is 6.78. The lowest BCUT2D eigenvalue weighted by atomic mass is 10.3. The molecule has 4 aromatic rings. The van der Waals surface area contributed by atoms with Crippen molar-refractivity contribution in [3.63, 3.8) is 0 Å². The number of para-hydroxylation sites is 1. The summed E-state index contributed by atoms with van der Waals surface area (Å²) in [6.45, 7) is 3.65. The van der Waals surface area contributed by atoms with E-state index >= 15 is 0 Å². The molecule has 0 spiro atoms. The normalized spacial score (nSPS) is 11.0. The number of benzene rings is 1. The number of nitrogens with zero attached hydrogens (tertiary/aromatic N) is 7. The summed E-state index contributed by atoms with van der Waals surface area (Å²) >= 11 is 0. The van der Waals surface area contributed by atoms with Crippen molar-refractivity contribution in [3.05, 3.63) is 57.8 Å². The maximum atomic E-state index is 13.2. The van der Waals surface area contributed by atoms with E-state index in [1.165, 1.54) is 4.68 Å². The number of carbonyl (C=O) groups excluding carboxylic acids is 1. The Hall–Kier alpha value is -4.42. The van der Waals surface area contributed by atoms with Crippen molar-refractivity contribution in [1.29, 1.82) is 0 Å². The molecule has 0 radical (unpaired) electrons. The average molecular weight is 439 g/mol. The molecule has 0 aliphatic carbocycles. The summed E-state index contributed by atoms with van der Waals surface area (Å²) in [5, 5.41) is 18.2. The highest BCUT2D eigenvalue weighted by Crippen LogP contribution is 2.19. The molecule has 3 N–H and O–H groups in total. The van der Waals surface area contributed by atoms with Crippen LogP contribution < -0.4 is 16.6 Å². The van der Waals surface area contributed by atoms with Gasteiger partial charge in [0, 0.05) is 7.05 Å². The number of nitrogens with two attached hydrogens (primary N) is 1. The maximum Gasteiger partial charge on any atom is 0.360 e. The largest absolute Gasteiger partial charge is 0.461 e. The lowest BCUT2D eigenvalue weighted by Crippen LogP contribution is -2.21. The van der Waals surface area contributed by atoms with E-state index in [4.69, 9.17) is 10.5 Å². The van der Waals surface area contributed by atoms with Gasteiger partial charge < -0.3 is 15.8 Å². The zero-order valence-corrected chi connectivity index (χ0v) is 17.6. The molecule has 0 unspecified atom stereocenters. The fourth-order valence-electron chi connectivity index (χ4n) is 3.27. The molecule has 0 aliphatic rings. The summed E-state index contributed by atoms with van der Waals surface area (Å²) in [5.74, 6) is -0.637. The summed E-state index contributed by atoms with van der Waals surface area (Å²) in [6.07, 6.45) is 0. The zero-order chi connectivity index (χ0) is 22.8. The highest BCUT2D eigenvalue weighted by molar-refractivity contribution is 5.88. The second-order valence-electron chi connectivity index (χ2n) is 6.78. The van der Waals surface area contributed by atoms with Crippen molar-refractivity contribution < 1.29 is 14.2 Å². The van der Waals surface area contributed by atoms with Gasteiger partial charge in [0.1, 0.15) is 11.4 Å². The van der Waals surface area contributed by atoms with Gasteiger partial charge in [-0.2, -0.15) is 4.68 Å². The number of anilines is 2. The van der Waals surface area contributed by atoms with Gasteiger partial charge in [0.15, 0.2) is 5.69 Å². The summed E-state index contributed by atoms with van der Waals surface area (Å²) in [4.78, 5) is 25.5. The van der Waals surface area contributed by atoms with Gasteiger partial charge in [-0.25, -0.2) is 14.1 Å². The molecule has 0 atom stereocenters. The number of esters is 1. The smallest absolute Gasteiger partial charge is 0.360 e.